The van der Waals surface area contributed by atoms with Gasteiger partial charge in [0.2, 0.25) is 5.88 Å². The Bertz CT molecular complexity index is 802. The van der Waals surface area contributed by atoms with Gasteiger partial charge in [-0.1, -0.05) is 0 Å². The SMILES string of the molecule is CN1CCCC1COc1nc2c(c(NC3CN(C(=O)O)C3)c1C#N)CCNC2. The van der Waals surface area contributed by atoms with E-state index in [0.717, 1.165) is 49.3 Å². The average molecular weight is 386 g/mol. The number of amides is 1. The van der Waals surface area contributed by atoms with Gasteiger partial charge < -0.3 is 30.3 Å². The molecule has 4 rings (SSSR count). The van der Waals surface area contributed by atoms with E-state index in [4.69, 9.17) is 9.84 Å². The molecule has 0 saturated carbocycles. The van der Waals surface area contributed by atoms with E-state index < -0.39 is 6.09 Å². The predicted octanol–water partition coefficient (Wildman–Crippen LogP) is 0.846. The Kier molecular flexibility index (Phi) is 5.24. The van der Waals surface area contributed by atoms with Crippen molar-refractivity contribution in [1.29, 1.82) is 5.26 Å². The Hall–Kier alpha value is -2.57. The average Bonchev–Trinajstić information content (AvgIpc) is 3.06. The lowest BCUT2D eigenvalue weighted by atomic mass is 9.99. The molecule has 2 saturated heterocycles. The zero-order valence-corrected chi connectivity index (χ0v) is 16.1. The number of nitrogens with zero attached hydrogens (tertiary/aromatic N) is 4. The van der Waals surface area contributed by atoms with E-state index in [-0.39, 0.29) is 6.04 Å². The van der Waals surface area contributed by atoms with Crippen molar-refractivity contribution in [2.24, 2.45) is 0 Å². The molecule has 9 nitrogen and oxygen atoms in total. The van der Waals surface area contributed by atoms with Crippen molar-refractivity contribution in [3.8, 4) is 11.9 Å². The molecule has 0 spiro atoms. The third-order valence-corrected chi connectivity index (χ3v) is 5.89. The molecule has 2 fully saturated rings. The van der Waals surface area contributed by atoms with Crippen LogP contribution >= 0.6 is 0 Å². The number of ether oxygens (including phenoxy) is 1. The molecule has 0 aliphatic carbocycles. The van der Waals surface area contributed by atoms with Gasteiger partial charge in [-0.15, -0.1) is 0 Å². The molecule has 28 heavy (non-hydrogen) atoms. The fraction of sp³-hybridized carbons (Fsp3) is 0.632. The third-order valence-electron chi connectivity index (χ3n) is 5.89. The number of nitriles is 1. The number of hydrogen-bond donors (Lipinski definition) is 3. The largest absolute Gasteiger partial charge is 0.475 e. The number of carboxylic acid groups (broad SMARTS) is 1. The Labute approximate surface area is 164 Å². The summed E-state index contributed by atoms with van der Waals surface area (Å²) >= 11 is 0. The van der Waals surface area contributed by atoms with Gasteiger partial charge in [0.25, 0.3) is 0 Å². The van der Waals surface area contributed by atoms with Gasteiger partial charge in [0, 0.05) is 31.2 Å². The Morgan fingerprint density at radius 3 is 3.00 bits per heavy atom. The second kappa shape index (κ2) is 7.81. The number of nitrogens with one attached hydrogen (secondary N) is 2. The number of pyridine rings is 1. The second-order valence-electron chi connectivity index (χ2n) is 7.75. The highest BCUT2D eigenvalue weighted by atomic mass is 16.5. The standard InChI is InChI=1S/C19H26N6O3/c1-24-6-2-3-13(24)11-28-18-15(7-20)17(14-4-5-21-8-16(14)23-18)22-12-9-25(10-12)19(26)27/h12-13,21H,2-6,8-11H2,1H3,(H,22,23)(H,26,27). The van der Waals surface area contributed by atoms with Crippen molar-refractivity contribution in [1.82, 2.24) is 20.1 Å². The zero-order chi connectivity index (χ0) is 19.7. The first kappa shape index (κ1) is 18.8. The minimum absolute atomic E-state index is 0.00148. The van der Waals surface area contributed by atoms with E-state index >= 15 is 0 Å². The van der Waals surface area contributed by atoms with Crippen LogP contribution in [0, 0.1) is 11.3 Å². The van der Waals surface area contributed by atoms with Gasteiger partial charge in [0.1, 0.15) is 18.2 Å². The van der Waals surface area contributed by atoms with Gasteiger partial charge in [-0.05, 0) is 39.4 Å². The van der Waals surface area contributed by atoms with Crippen LogP contribution in [0.3, 0.4) is 0 Å². The lowest BCUT2D eigenvalue weighted by molar-refractivity contribution is 0.111. The van der Waals surface area contributed by atoms with Crippen LogP contribution < -0.4 is 15.4 Å². The van der Waals surface area contributed by atoms with Crippen LogP contribution in [0.2, 0.25) is 0 Å². The maximum atomic E-state index is 11.0. The summed E-state index contributed by atoms with van der Waals surface area (Å²) in [6.45, 7) is 3.88. The highest BCUT2D eigenvalue weighted by molar-refractivity contribution is 5.70. The molecule has 0 bridgehead atoms. The van der Waals surface area contributed by atoms with Gasteiger partial charge in [-0.2, -0.15) is 5.26 Å². The van der Waals surface area contributed by atoms with E-state index in [2.05, 4.69) is 33.6 Å². The first-order valence-electron chi connectivity index (χ1n) is 9.80. The molecule has 3 N–H and O–H groups in total. The summed E-state index contributed by atoms with van der Waals surface area (Å²) < 4.78 is 6.03. The Morgan fingerprint density at radius 1 is 1.50 bits per heavy atom. The van der Waals surface area contributed by atoms with E-state index in [0.29, 0.717) is 43.7 Å². The molecule has 3 aliphatic heterocycles. The fourth-order valence-electron chi connectivity index (χ4n) is 4.15. The van der Waals surface area contributed by atoms with Crippen LogP contribution in [0.4, 0.5) is 10.5 Å². The summed E-state index contributed by atoms with van der Waals surface area (Å²) in [5, 5.41) is 25.6. The molecule has 4 heterocycles. The Morgan fingerprint density at radius 2 is 2.32 bits per heavy atom. The number of anilines is 1. The highest BCUT2D eigenvalue weighted by Crippen LogP contribution is 2.34. The molecule has 3 aliphatic rings. The molecule has 1 aromatic rings. The monoisotopic (exact) mass is 386 g/mol. The smallest absolute Gasteiger partial charge is 0.407 e. The van der Waals surface area contributed by atoms with Gasteiger partial charge >= 0.3 is 6.09 Å². The van der Waals surface area contributed by atoms with Crippen molar-refractivity contribution >= 4 is 11.8 Å². The van der Waals surface area contributed by atoms with Crippen LogP contribution in [0.5, 0.6) is 5.88 Å². The molecule has 1 amide bonds. The quantitative estimate of drug-likeness (QED) is 0.682. The van der Waals surface area contributed by atoms with Crippen LogP contribution in [-0.4, -0.2) is 77.9 Å². The molecular formula is C19H26N6O3. The van der Waals surface area contributed by atoms with Crippen molar-refractivity contribution < 1.29 is 14.6 Å². The molecule has 0 aromatic carbocycles. The summed E-state index contributed by atoms with van der Waals surface area (Å²) in [7, 11) is 2.09. The van der Waals surface area contributed by atoms with E-state index in [1.807, 2.05) is 0 Å². The molecular weight excluding hydrogens is 360 g/mol. The van der Waals surface area contributed by atoms with Crippen molar-refractivity contribution in [3.63, 3.8) is 0 Å². The molecule has 1 unspecified atom stereocenters. The summed E-state index contributed by atoms with van der Waals surface area (Å²) in [6, 6.07) is 2.62. The maximum Gasteiger partial charge on any atom is 0.407 e. The minimum atomic E-state index is -0.913. The number of carbonyl (C=O) groups is 1. The minimum Gasteiger partial charge on any atom is -0.475 e. The number of likely N-dealkylation sites (N-methyl/N-ethyl adjacent to an activating group) is 1. The van der Waals surface area contributed by atoms with Crippen LogP contribution in [0.1, 0.15) is 29.7 Å². The molecule has 0 radical (unpaired) electrons. The highest BCUT2D eigenvalue weighted by Gasteiger charge is 2.33. The first-order chi connectivity index (χ1) is 13.6. The van der Waals surface area contributed by atoms with Gasteiger partial charge in [0.15, 0.2) is 0 Å². The van der Waals surface area contributed by atoms with Crippen molar-refractivity contribution in [3.05, 3.63) is 16.8 Å². The Balaban J connectivity index is 1.58. The lowest BCUT2D eigenvalue weighted by Gasteiger charge is -2.39. The van der Waals surface area contributed by atoms with E-state index in [1.54, 1.807) is 0 Å². The second-order valence-corrected chi connectivity index (χ2v) is 7.75. The maximum absolute atomic E-state index is 11.0. The number of rotatable bonds is 5. The van der Waals surface area contributed by atoms with Gasteiger partial charge in [-0.3, -0.25) is 0 Å². The number of hydrogen-bond acceptors (Lipinski definition) is 7. The molecule has 1 aromatic heterocycles. The molecule has 9 heteroatoms. The van der Waals surface area contributed by atoms with Gasteiger partial charge in [0.05, 0.1) is 17.4 Å². The van der Waals surface area contributed by atoms with Crippen molar-refractivity contribution in [2.75, 3.05) is 45.2 Å². The molecule has 150 valence electrons. The van der Waals surface area contributed by atoms with E-state index in [1.165, 1.54) is 4.90 Å². The van der Waals surface area contributed by atoms with E-state index in [9.17, 15) is 10.1 Å². The normalized spacial score (nSPS) is 22.3. The number of fused-ring (bicyclic) bond motifs is 1. The van der Waals surface area contributed by atoms with Crippen LogP contribution in [0.15, 0.2) is 0 Å². The number of likely N-dealkylation sites (tertiary alicyclic amines) is 2. The third kappa shape index (κ3) is 3.57. The summed E-state index contributed by atoms with van der Waals surface area (Å²) in [4.78, 5) is 19.3. The van der Waals surface area contributed by atoms with Crippen LogP contribution in [-0.2, 0) is 13.0 Å². The fourth-order valence-corrected chi connectivity index (χ4v) is 4.15. The van der Waals surface area contributed by atoms with Crippen molar-refractivity contribution in [2.45, 2.75) is 37.9 Å². The predicted molar refractivity (Wildman–Crippen MR) is 103 cm³/mol. The topological polar surface area (TPSA) is 114 Å². The van der Waals surface area contributed by atoms with Crippen LogP contribution in [0.25, 0.3) is 0 Å². The summed E-state index contributed by atoms with van der Waals surface area (Å²) in [6.07, 6.45) is 2.11. The first-order valence-corrected chi connectivity index (χ1v) is 9.80. The lowest BCUT2D eigenvalue weighted by Crippen LogP contribution is -2.56. The van der Waals surface area contributed by atoms with Gasteiger partial charge in [-0.25, -0.2) is 9.78 Å². The molecule has 1 atom stereocenters. The summed E-state index contributed by atoms with van der Waals surface area (Å²) in [5.41, 5.74) is 3.13. The summed E-state index contributed by atoms with van der Waals surface area (Å²) in [5.74, 6) is 0.377. The zero-order valence-electron chi connectivity index (χ0n) is 16.1. The number of aromatic nitrogens is 1.